The summed E-state index contributed by atoms with van der Waals surface area (Å²) in [5.74, 6) is 0.665. The summed E-state index contributed by atoms with van der Waals surface area (Å²) in [6.07, 6.45) is 5.26. The van der Waals surface area contributed by atoms with Crippen LogP contribution in [0.1, 0.15) is 37.2 Å². The minimum atomic E-state index is 0.659. The van der Waals surface area contributed by atoms with E-state index in [1.54, 1.807) is 0 Å². The fourth-order valence-corrected chi connectivity index (χ4v) is 3.76. The zero-order valence-electron chi connectivity index (χ0n) is 10.00. The molecule has 1 aromatic rings. The molecular formula is C14H17Cl2N. The monoisotopic (exact) mass is 269 g/mol. The first-order chi connectivity index (χ1) is 8.15. The number of piperidine rings is 1. The molecule has 0 aliphatic carbocycles. The summed E-state index contributed by atoms with van der Waals surface area (Å²) in [6, 6.07) is 7.67. The molecule has 2 unspecified atom stereocenters. The summed E-state index contributed by atoms with van der Waals surface area (Å²) in [7, 11) is 2.27. The maximum Gasteiger partial charge on any atom is 0.0595 e. The number of halogens is 2. The van der Waals surface area contributed by atoms with Crippen molar-refractivity contribution >= 4 is 23.2 Å². The van der Waals surface area contributed by atoms with Gasteiger partial charge in [0.15, 0.2) is 0 Å². The molecule has 2 fully saturated rings. The molecule has 0 spiro atoms. The maximum atomic E-state index is 6.11. The van der Waals surface area contributed by atoms with Gasteiger partial charge >= 0.3 is 0 Å². The second-order valence-corrected chi connectivity index (χ2v) is 6.21. The molecule has 0 amide bonds. The van der Waals surface area contributed by atoms with Crippen LogP contribution in [0.15, 0.2) is 18.2 Å². The van der Waals surface area contributed by atoms with Crippen LogP contribution in [0.2, 0.25) is 10.0 Å². The van der Waals surface area contributed by atoms with E-state index < -0.39 is 0 Å². The Morgan fingerprint density at radius 3 is 2.29 bits per heavy atom. The molecule has 2 heterocycles. The van der Waals surface area contributed by atoms with Gasteiger partial charge in [0.25, 0.3) is 0 Å². The van der Waals surface area contributed by atoms with E-state index in [0.717, 1.165) is 12.1 Å². The lowest BCUT2D eigenvalue weighted by Gasteiger charge is -2.36. The molecule has 2 bridgehead atoms. The molecule has 17 heavy (non-hydrogen) atoms. The first-order valence-corrected chi connectivity index (χ1v) is 7.07. The van der Waals surface area contributed by atoms with E-state index in [0.29, 0.717) is 16.0 Å². The van der Waals surface area contributed by atoms with E-state index in [4.69, 9.17) is 23.2 Å². The lowest BCUT2D eigenvalue weighted by molar-refractivity contribution is 0.161. The Balaban J connectivity index is 1.84. The Morgan fingerprint density at radius 1 is 1.06 bits per heavy atom. The van der Waals surface area contributed by atoms with Crippen LogP contribution in [0.4, 0.5) is 0 Å². The lowest BCUT2D eigenvalue weighted by Crippen LogP contribution is -2.39. The van der Waals surface area contributed by atoms with Crippen molar-refractivity contribution in [2.24, 2.45) is 0 Å². The molecule has 92 valence electrons. The second kappa shape index (κ2) is 4.46. The normalized spacial score (nSPS) is 33.0. The van der Waals surface area contributed by atoms with Gasteiger partial charge in [0.1, 0.15) is 0 Å². The van der Waals surface area contributed by atoms with Gasteiger partial charge in [0.05, 0.1) is 10.0 Å². The Kier molecular flexibility index (Phi) is 3.10. The molecule has 2 saturated heterocycles. The Morgan fingerprint density at radius 2 is 1.71 bits per heavy atom. The SMILES string of the molecule is CN1C2CC[C@@H]1CC(c1ccc(Cl)c(Cl)c1)C2. The number of fused-ring (bicyclic) bond motifs is 2. The third kappa shape index (κ3) is 2.09. The number of benzene rings is 1. The topological polar surface area (TPSA) is 3.24 Å². The molecule has 0 aromatic heterocycles. The van der Waals surface area contributed by atoms with Crippen molar-refractivity contribution in [3.63, 3.8) is 0 Å². The molecule has 2 aliphatic heterocycles. The van der Waals surface area contributed by atoms with E-state index >= 15 is 0 Å². The number of hydrogen-bond donors (Lipinski definition) is 0. The van der Waals surface area contributed by atoms with E-state index in [1.807, 2.05) is 6.07 Å². The van der Waals surface area contributed by atoms with E-state index in [-0.39, 0.29) is 0 Å². The number of nitrogens with zero attached hydrogens (tertiary/aromatic N) is 1. The van der Waals surface area contributed by atoms with Gasteiger partial charge in [-0.25, -0.2) is 0 Å². The molecular weight excluding hydrogens is 253 g/mol. The molecule has 3 rings (SSSR count). The smallest absolute Gasteiger partial charge is 0.0595 e. The summed E-state index contributed by atoms with van der Waals surface area (Å²) in [6.45, 7) is 0. The van der Waals surface area contributed by atoms with E-state index in [9.17, 15) is 0 Å². The van der Waals surface area contributed by atoms with Crippen LogP contribution < -0.4 is 0 Å². The van der Waals surface area contributed by atoms with Crippen LogP contribution in [0.3, 0.4) is 0 Å². The Hall–Kier alpha value is -0.240. The summed E-state index contributed by atoms with van der Waals surface area (Å²) in [5, 5.41) is 1.35. The number of hydrogen-bond acceptors (Lipinski definition) is 1. The molecule has 1 aromatic carbocycles. The second-order valence-electron chi connectivity index (χ2n) is 5.39. The highest BCUT2D eigenvalue weighted by Gasteiger charge is 2.38. The predicted molar refractivity (Wildman–Crippen MR) is 73.0 cm³/mol. The minimum absolute atomic E-state index is 0.659. The fourth-order valence-electron chi connectivity index (χ4n) is 3.45. The quantitative estimate of drug-likeness (QED) is 0.734. The summed E-state index contributed by atoms with van der Waals surface area (Å²) >= 11 is 12.1. The highest BCUT2D eigenvalue weighted by molar-refractivity contribution is 6.42. The molecule has 2 aliphatic rings. The minimum Gasteiger partial charge on any atom is -0.300 e. The van der Waals surface area contributed by atoms with Crippen LogP contribution in [0, 0.1) is 0 Å². The average molecular weight is 270 g/mol. The van der Waals surface area contributed by atoms with Gasteiger partial charge in [-0.1, -0.05) is 29.3 Å². The highest BCUT2D eigenvalue weighted by Crippen LogP contribution is 2.42. The molecule has 1 nitrogen and oxygen atoms in total. The third-order valence-corrected chi connectivity index (χ3v) is 5.25. The Labute approximate surface area is 113 Å². The maximum absolute atomic E-state index is 6.11. The predicted octanol–water partition coefficient (Wildman–Crippen LogP) is 4.33. The van der Waals surface area contributed by atoms with Crippen LogP contribution in [0.25, 0.3) is 0 Å². The van der Waals surface area contributed by atoms with Crippen LogP contribution in [-0.2, 0) is 0 Å². The van der Waals surface area contributed by atoms with Crippen molar-refractivity contribution < 1.29 is 0 Å². The van der Waals surface area contributed by atoms with Crippen molar-refractivity contribution in [2.75, 3.05) is 7.05 Å². The third-order valence-electron chi connectivity index (χ3n) is 4.51. The van der Waals surface area contributed by atoms with Gasteiger partial charge in [-0.05, 0) is 56.3 Å². The van der Waals surface area contributed by atoms with Crippen molar-refractivity contribution in [1.82, 2.24) is 4.90 Å². The van der Waals surface area contributed by atoms with Gasteiger partial charge in [0, 0.05) is 12.1 Å². The standard InChI is InChI=1S/C14H17Cl2N/c1-17-11-3-4-12(17)7-10(6-11)9-2-5-13(15)14(16)8-9/h2,5,8,10-12H,3-4,6-7H2,1H3/t10?,11-,12?/m1/s1. The van der Waals surface area contributed by atoms with Crippen molar-refractivity contribution in [1.29, 1.82) is 0 Å². The van der Waals surface area contributed by atoms with Gasteiger partial charge in [-0.2, -0.15) is 0 Å². The zero-order valence-corrected chi connectivity index (χ0v) is 11.5. The largest absolute Gasteiger partial charge is 0.300 e. The van der Waals surface area contributed by atoms with Crippen LogP contribution in [0.5, 0.6) is 0 Å². The van der Waals surface area contributed by atoms with E-state index in [2.05, 4.69) is 24.1 Å². The first-order valence-electron chi connectivity index (χ1n) is 6.32. The van der Waals surface area contributed by atoms with Crippen LogP contribution >= 0.6 is 23.2 Å². The summed E-state index contributed by atoms with van der Waals surface area (Å²) < 4.78 is 0. The molecule has 0 saturated carbocycles. The van der Waals surface area contributed by atoms with Crippen molar-refractivity contribution in [2.45, 2.75) is 43.7 Å². The summed E-state index contributed by atoms with van der Waals surface area (Å²) in [4.78, 5) is 2.56. The van der Waals surface area contributed by atoms with Crippen LogP contribution in [-0.4, -0.2) is 24.0 Å². The van der Waals surface area contributed by atoms with Gasteiger partial charge in [0.2, 0.25) is 0 Å². The van der Waals surface area contributed by atoms with Gasteiger partial charge in [-0.15, -0.1) is 0 Å². The lowest BCUT2D eigenvalue weighted by atomic mass is 9.85. The molecule has 0 N–H and O–H groups in total. The summed E-state index contributed by atoms with van der Waals surface area (Å²) in [5.41, 5.74) is 1.37. The fraction of sp³-hybridized carbons (Fsp3) is 0.571. The zero-order chi connectivity index (χ0) is 12.0. The first kappa shape index (κ1) is 11.8. The van der Waals surface area contributed by atoms with Crippen molar-refractivity contribution in [3.05, 3.63) is 33.8 Å². The molecule has 3 atom stereocenters. The molecule has 0 radical (unpaired) electrons. The highest BCUT2D eigenvalue weighted by atomic mass is 35.5. The number of rotatable bonds is 1. The average Bonchev–Trinajstić information content (AvgIpc) is 2.55. The van der Waals surface area contributed by atoms with Crippen molar-refractivity contribution in [3.8, 4) is 0 Å². The van der Waals surface area contributed by atoms with Gasteiger partial charge in [-0.3, -0.25) is 0 Å². The molecule has 3 heteroatoms. The van der Waals surface area contributed by atoms with Gasteiger partial charge < -0.3 is 4.90 Å². The van der Waals surface area contributed by atoms with E-state index in [1.165, 1.54) is 31.2 Å². The Bertz CT molecular complexity index is 418.